The summed E-state index contributed by atoms with van der Waals surface area (Å²) in [7, 11) is 0. The summed E-state index contributed by atoms with van der Waals surface area (Å²) in [5, 5.41) is 0. The summed E-state index contributed by atoms with van der Waals surface area (Å²) in [5.74, 6) is 0.0995. The molecule has 1 amide bonds. The lowest BCUT2D eigenvalue weighted by molar-refractivity contribution is -0.134. The Labute approximate surface area is 98.8 Å². The smallest absolute Gasteiger partial charge is 0.239 e. The largest absolute Gasteiger partial charge is 0.338 e. The van der Waals surface area contributed by atoms with E-state index in [2.05, 4.69) is 20.8 Å². The van der Waals surface area contributed by atoms with Crippen LogP contribution in [0.2, 0.25) is 0 Å². The predicted octanol–water partition coefficient (Wildman–Crippen LogP) is 1.79. The minimum absolute atomic E-state index is 0. The van der Waals surface area contributed by atoms with Crippen molar-refractivity contribution in [3.05, 3.63) is 0 Å². The Morgan fingerprint density at radius 2 is 2.00 bits per heavy atom. The highest BCUT2D eigenvalue weighted by molar-refractivity contribution is 5.85. The summed E-state index contributed by atoms with van der Waals surface area (Å²) in [4.78, 5) is 13.8. The zero-order chi connectivity index (χ0) is 10.9. The number of carbonyl (C=O) groups is 1. The van der Waals surface area contributed by atoms with Crippen molar-refractivity contribution in [2.75, 3.05) is 6.54 Å². The van der Waals surface area contributed by atoms with Gasteiger partial charge in [0.2, 0.25) is 5.91 Å². The lowest BCUT2D eigenvalue weighted by Crippen LogP contribution is -2.48. The van der Waals surface area contributed by atoms with Crippen LogP contribution in [0.5, 0.6) is 0 Å². The van der Waals surface area contributed by atoms with Crippen LogP contribution in [0.3, 0.4) is 0 Å². The van der Waals surface area contributed by atoms with Gasteiger partial charge in [0.05, 0.1) is 6.04 Å². The standard InChI is InChI=1S/C11H22N2O.ClH/c1-8(12)10(14)13-7-5-6-9(13)11(2,3)4;/h8-9H,5-7,12H2,1-4H3;1H/t8-,9?;/m0./s1. The lowest BCUT2D eigenvalue weighted by atomic mass is 9.85. The number of nitrogens with zero attached hydrogens (tertiary/aromatic N) is 1. The number of halogens is 1. The van der Waals surface area contributed by atoms with Crippen molar-refractivity contribution >= 4 is 18.3 Å². The molecule has 0 saturated carbocycles. The quantitative estimate of drug-likeness (QED) is 0.752. The van der Waals surface area contributed by atoms with E-state index in [1.807, 2.05) is 4.90 Å². The van der Waals surface area contributed by atoms with Gasteiger partial charge in [0.15, 0.2) is 0 Å². The molecule has 0 radical (unpaired) electrons. The molecule has 1 heterocycles. The minimum Gasteiger partial charge on any atom is -0.338 e. The van der Waals surface area contributed by atoms with E-state index in [-0.39, 0.29) is 29.8 Å². The predicted molar refractivity (Wildman–Crippen MR) is 65.1 cm³/mol. The first kappa shape index (κ1) is 14.7. The van der Waals surface area contributed by atoms with Crippen LogP contribution in [-0.4, -0.2) is 29.4 Å². The van der Waals surface area contributed by atoms with Crippen molar-refractivity contribution in [2.24, 2.45) is 11.1 Å². The molecule has 1 rings (SSSR count). The SMILES string of the molecule is C[C@H](N)C(=O)N1CCCC1C(C)(C)C.Cl. The van der Waals surface area contributed by atoms with Crippen LogP contribution in [0.25, 0.3) is 0 Å². The molecular weight excluding hydrogens is 212 g/mol. The van der Waals surface area contributed by atoms with Crippen molar-refractivity contribution in [1.82, 2.24) is 4.90 Å². The van der Waals surface area contributed by atoms with Gasteiger partial charge in [-0.3, -0.25) is 4.79 Å². The molecule has 3 nitrogen and oxygen atoms in total. The normalized spacial score (nSPS) is 23.5. The average molecular weight is 235 g/mol. The maximum absolute atomic E-state index is 11.8. The number of carbonyl (C=O) groups excluding carboxylic acids is 1. The number of nitrogens with two attached hydrogens (primary N) is 1. The van der Waals surface area contributed by atoms with Gasteiger partial charge in [-0.1, -0.05) is 20.8 Å². The molecule has 2 N–H and O–H groups in total. The van der Waals surface area contributed by atoms with Crippen LogP contribution in [-0.2, 0) is 4.79 Å². The molecule has 4 heteroatoms. The lowest BCUT2D eigenvalue weighted by Gasteiger charge is -2.35. The first-order chi connectivity index (χ1) is 6.34. The molecule has 1 saturated heterocycles. The van der Waals surface area contributed by atoms with Crippen molar-refractivity contribution in [3.8, 4) is 0 Å². The molecule has 90 valence electrons. The van der Waals surface area contributed by atoms with E-state index in [1.54, 1.807) is 6.92 Å². The van der Waals surface area contributed by atoms with Crippen molar-refractivity contribution in [1.29, 1.82) is 0 Å². The summed E-state index contributed by atoms with van der Waals surface area (Å²) in [6, 6.07) is -0.000972. The third-order valence-corrected chi connectivity index (χ3v) is 2.93. The molecule has 1 aliphatic rings. The van der Waals surface area contributed by atoms with E-state index in [0.717, 1.165) is 19.4 Å². The fourth-order valence-electron chi connectivity index (χ4n) is 2.19. The molecule has 0 aliphatic carbocycles. The Bertz CT molecular complexity index is 223. The van der Waals surface area contributed by atoms with Gasteiger partial charge < -0.3 is 10.6 Å². The molecule has 2 atom stereocenters. The molecule has 1 unspecified atom stereocenters. The number of hydrogen-bond acceptors (Lipinski definition) is 2. The highest BCUT2D eigenvalue weighted by Crippen LogP contribution is 2.32. The maximum atomic E-state index is 11.8. The fourth-order valence-corrected chi connectivity index (χ4v) is 2.19. The van der Waals surface area contributed by atoms with E-state index in [9.17, 15) is 4.79 Å². The van der Waals surface area contributed by atoms with Crippen LogP contribution in [0.1, 0.15) is 40.5 Å². The molecular formula is C11H23ClN2O. The number of rotatable bonds is 1. The summed E-state index contributed by atoms with van der Waals surface area (Å²) in [6.07, 6.45) is 2.22. The molecule has 1 fully saturated rings. The van der Waals surface area contributed by atoms with Gasteiger partial charge in [0.1, 0.15) is 0 Å². The van der Waals surface area contributed by atoms with Crippen LogP contribution < -0.4 is 5.73 Å². The first-order valence-corrected chi connectivity index (χ1v) is 5.40. The number of likely N-dealkylation sites (tertiary alicyclic amines) is 1. The number of amides is 1. The first-order valence-electron chi connectivity index (χ1n) is 5.40. The summed E-state index contributed by atoms with van der Waals surface area (Å²) in [5.41, 5.74) is 5.80. The van der Waals surface area contributed by atoms with Gasteiger partial charge in [-0.2, -0.15) is 0 Å². The second kappa shape index (κ2) is 5.17. The van der Waals surface area contributed by atoms with E-state index < -0.39 is 0 Å². The van der Waals surface area contributed by atoms with Crippen molar-refractivity contribution in [2.45, 2.75) is 52.6 Å². The van der Waals surface area contributed by atoms with Crippen LogP contribution >= 0.6 is 12.4 Å². The highest BCUT2D eigenvalue weighted by atomic mass is 35.5. The van der Waals surface area contributed by atoms with Gasteiger partial charge in [-0.25, -0.2) is 0 Å². The van der Waals surface area contributed by atoms with Gasteiger partial charge in [-0.05, 0) is 25.2 Å². The zero-order valence-electron chi connectivity index (χ0n) is 10.1. The zero-order valence-corrected chi connectivity index (χ0v) is 10.9. The Kier molecular flexibility index (Phi) is 5.07. The van der Waals surface area contributed by atoms with Gasteiger partial charge >= 0.3 is 0 Å². The second-order valence-corrected chi connectivity index (χ2v) is 5.34. The van der Waals surface area contributed by atoms with Crippen LogP contribution in [0.4, 0.5) is 0 Å². The van der Waals surface area contributed by atoms with E-state index >= 15 is 0 Å². The monoisotopic (exact) mass is 234 g/mol. The fraction of sp³-hybridized carbons (Fsp3) is 0.909. The Morgan fingerprint density at radius 3 is 2.40 bits per heavy atom. The van der Waals surface area contributed by atoms with Crippen molar-refractivity contribution < 1.29 is 4.79 Å². The maximum Gasteiger partial charge on any atom is 0.239 e. The van der Waals surface area contributed by atoms with Crippen molar-refractivity contribution in [3.63, 3.8) is 0 Å². The molecule has 0 aromatic heterocycles. The van der Waals surface area contributed by atoms with E-state index in [4.69, 9.17) is 5.73 Å². The minimum atomic E-state index is -0.363. The molecule has 0 spiro atoms. The molecule has 15 heavy (non-hydrogen) atoms. The highest BCUT2D eigenvalue weighted by Gasteiger charge is 2.37. The number of hydrogen-bond donors (Lipinski definition) is 1. The summed E-state index contributed by atoms with van der Waals surface area (Å²) in [6.45, 7) is 9.20. The third kappa shape index (κ3) is 3.35. The third-order valence-electron chi connectivity index (χ3n) is 2.93. The van der Waals surface area contributed by atoms with Gasteiger partial charge in [0, 0.05) is 12.6 Å². The Morgan fingerprint density at radius 1 is 1.47 bits per heavy atom. The summed E-state index contributed by atoms with van der Waals surface area (Å²) < 4.78 is 0. The molecule has 1 aliphatic heterocycles. The second-order valence-electron chi connectivity index (χ2n) is 5.34. The molecule has 0 aromatic carbocycles. The molecule has 0 aromatic rings. The van der Waals surface area contributed by atoms with Crippen LogP contribution in [0.15, 0.2) is 0 Å². The molecule has 0 bridgehead atoms. The average Bonchev–Trinajstić information content (AvgIpc) is 2.48. The van der Waals surface area contributed by atoms with Crippen LogP contribution in [0, 0.1) is 5.41 Å². The topological polar surface area (TPSA) is 46.3 Å². The van der Waals surface area contributed by atoms with Gasteiger partial charge in [0.25, 0.3) is 0 Å². The Balaban J connectivity index is 0.00000196. The van der Waals surface area contributed by atoms with Gasteiger partial charge in [-0.15, -0.1) is 12.4 Å². The van der Waals surface area contributed by atoms with E-state index in [0.29, 0.717) is 6.04 Å². The Hall–Kier alpha value is -0.280. The summed E-state index contributed by atoms with van der Waals surface area (Å²) >= 11 is 0. The van der Waals surface area contributed by atoms with E-state index in [1.165, 1.54) is 0 Å².